The van der Waals surface area contributed by atoms with Crippen LogP contribution in [0.5, 0.6) is 0 Å². The lowest BCUT2D eigenvalue weighted by Gasteiger charge is -2.46. The van der Waals surface area contributed by atoms with Crippen LogP contribution in [0.25, 0.3) is 0 Å². The first-order valence-corrected chi connectivity index (χ1v) is 12.0. The molecule has 0 aromatic heterocycles. The molecule has 4 saturated carbocycles. The van der Waals surface area contributed by atoms with E-state index in [2.05, 4.69) is 0 Å². The Bertz CT molecular complexity index is 913. The van der Waals surface area contributed by atoms with Gasteiger partial charge in [0.05, 0.1) is 29.6 Å². The van der Waals surface area contributed by atoms with E-state index in [0.717, 1.165) is 26.2 Å². The van der Waals surface area contributed by atoms with Crippen molar-refractivity contribution in [2.24, 2.45) is 76.9 Å². The number of hydrogen-bond donors (Lipinski definition) is 5. The first-order valence-electron chi connectivity index (χ1n) is 12.0. The number of rotatable bonds is 10. The average molecular weight is 481 g/mol. The van der Waals surface area contributed by atoms with Gasteiger partial charge in [0, 0.05) is 0 Å². The zero-order valence-electron chi connectivity index (χ0n) is 19.1. The van der Waals surface area contributed by atoms with Crippen LogP contribution in [-0.4, -0.2) is 55.4 Å². The molecule has 0 amide bonds. The molecule has 10 heteroatoms. The molecule has 5 N–H and O–H groups in total. The highest BCUT2D eigenvalue weighted by atomic mass is 16.4. The van der Waals surface area contributed by atoms with Crippen molar-refractivity contribution in [3.63, 3.8) is 0 Å². The Labute approximate surface area is 196 Å². The number of carboxylic acids is 5. The molecule has 4 aliphatic carbocycles. The van der Waals surface area contributed by atoms with Crippen LogP contribution >= 0.6 is 0 Å². The van der Waals surface area contributed by atoms with Crippen molar-refractivity contribution >= 4 is 29.8 Å². The Hall–Kier alpha value is -2.65. The standard InChI is InChI=1S/C24H32O10/c1-7-11-6-12(16-10-4-3-9(5-10)15(11)16)13(7)17(22(29)30)19(24(33)34)18(23(31)32)14(21(27)28)8(2)20(25)26/h7-19H,3-6H2,1-2H3,(H,25,26)(H,27,28)(H,29,30)(H,31,32)(H,33,34). The summed E-state index contributed by atoms with van der Waals surface area (Å²) < 4.78 is 0. The van der Waals surface area contributed by atoms with Crippen LogP contribution in [0.15, 0.2) is 0 Å². The van der Waals surface area contributed by atoms with Gasteiger partial charge in [-0.15, -0.1) is 0 Å². The third-order valence-corrected chi connectivity index (χ3v) is 10.0. The summed E-state index contributed by atoms with van der Waals surface area (Å²) >= 11 is 0. The van der Waals surface area contributed by atoms with Gasteiger partial charge >= 0.3 is 29.8 Å². The van der Waals surface area contributed by atoms with Gasteiger partial charge in [-0.3, -0.25) is 24.0 Å². The number of fused-ring (bicyclic) bond motifs is 9. The van der Waals surface area contributed by atoms with E-state index in [9.17, 15) is 49.5 Å². The van der Waals surface area contributed by atoms with Crippen LogP contribution in [-0.2, 0) is 24.0 Å². The van der Waals surface area contributed by atoms with Crippen LogP contribution in [0.4, 0.5) is 0 Å². The Morgan fingerprint density at radius 1 is 0.647 bits per heavy atom. The maximum absolute atomic E-state index is 12.6. The minimum absolute atomic E-state index is 0.0436. The Morgan fingerprint density at radius 2 is 1.15 bits per heavy atom. The molecule has 34 heavy (non-hydrogen) atoms. The molecule has 0 aromatic carbocycles. The summed E-state index contributed by atoms with van der Waals surface area (Å²) in [5.41, 5.74) is 0. The number of carboxylic acid groups (broad SMARTS) is 5. The highest BCUT2D eigenvalue weighted by Gasteiger charge is 2.68. The summed E-state index contributed by atoms with van der Waals surface area (Å²) in [4.78, 5) is 60.9. The van der Waals surface area contributed by atoms with Gasteiger partial charge in [-0.2, -0.15) is 0 Å². The molecule has 188 valence electrons. The van der Waals surface area contributed by atoms with Crippen molar-refractivity contribution in [1.29, 1.82) is 0 Å². The summed E-state index contributed by atoms with van der Waals surface area (Å²) in [6, 6.07) is 0. The van der Waals surface area contributed by atoms with Crippen molar-refractivity contribution in [2.45, 2.75) is 39.5 Å². The van der Waals surface area contributed by atoms with Crippen molar-refractivity contribution in [3.8, 4) is 0 Å². The fraction of sp³-hybridized carbons (Fsp3) is 0.792. The topological polar surface area (TPSA) is 186 Å². The van der Waals surface area contributed by atoms with Crippen molar-refractivity contribution in [2.75, 3.05) is 0 Å². The minimum atomic E-state index is -2.20. The number of hydrogen-bond acceptors (Lipinski definition) is 5. The maximum atomic E-state index is 12.6. The van der Waals surface area contributed by atoms with Crippen LogP contribution in [0.3, 0.4) is 0 Å². The van der Waals surface area contributed by atoms with Crippen molar-refractivity contribution in [1.82, 2.24) is 0 Å². The van der Waals surface area contributed by atoms with Gasteiger partial charge in [0.15, 0.2) is 0 Å². The van der Waals surface area contributed by atoms with Gasteiger partial charge < -0.3 is 25.5 Å². The summed E-state index contributed by atoms with van der Waals surface area (Å²) in [6.07, 6.45) is 4.14. The number of carbonyl (C=O) groups is 5. The van der Waals surface area contributed by atoms with E-state index >= 15 is 0 Å². The minimum Gasteiger partial charge on any atom is -0.481 e. The lowest BCUT2D eigenvalue weighted by molar-refractivity contribution is -0.176. The first kappa shape index (κ1) is 24.5. The predicted octanol–water partition coefficient (Wildman–Crippen LogP) is 2.07. The second-order valence-corrected chi connectivity index (χ2v) is 11.1. The van der Waals surface area contributed by atoms with E-state index in [4.69, 9.17) is 0 Å². The van der Waals surface area contributed by atoms with Crippen molar-refractivity contribution < 1.29 is 49.5 Å². The van der Waals surface area contributed by atoms with E-state index in [1.165, 1.54) is 6.42 Å². The highest BCUT2D eigenvalue weighted by molar-refractivity contribution is 5.90. The molecule has 13 atom stereocenters. The van der Waals surface area contributed by atoms with E-state index in [1.54, 1.807) is 0 Å². The summed E-state index contributed by atoms with van der Waals surface area (Å²) in [5, 5.41) is 49.4. The molecule has 13 unspecified atom stereocenters. The Kier molecular flexibility index (Phi) is 6.14. The zero-order valence-corrected chi connectivity index (χ0v) is 19.1. The average Bonchev–Trinajstić information content (AvgIpc) is 3.48. The molecule has 4 fully saturated rings. The van der Waals surface area contributed by atoms with Gasteiger partial charge in [-0.05, 0) is 73.0 Å². The quantitative estimate of drug-likeness (QED) is 0.290. The molecule has 4 rings (SSSR count). The molecule has 0 aromatic rings. The molecule has 0 saturated heterocycles. The molecular formula is C24H32O10. The van der Waals surface area contributed by atoms with Gasteiger partial charge in [0.2, 0.25) is 0 Å². The lowest BCUT2D eigenvalue weighted by atomic mass is 9.57. The van der Waals surface area contributed by atoms with E-state index in [-0.39, 0.29) is 17.8 Å². The fourth-order valence-electron chi connectivity index (χ4n) is 8.98. The largest absolute Gasteiger partial charge is 0.481 e. The van der Waals surface area contributed by atoms with Crippen LogP contribution in [0.2, 0.25) is 0 Å². The molecule has 4 aliphatic rings. The summed E-state index contributed by atoms with van der Waals surface area (Å²) in [6.45, 7) is 2.92. The third-order valence-electron chi connectivity index (χ3n) is 10.0. The summed E-state index contributed by atoms with van der Waals surface area (Å²) in [5.74, 6) is -16.7. The molecule has 4 bridgehead atoms. The van der Waals surface area contributed by atoms with Crippen LogP contribution in [0.1, 0.15) is 39.5 Å². The molecular weight excluding hydrogens is 448 g/mol. The van der Waals surface area contributed by atoms with Gasteiger partial charge in [-0.1, -0.05) is 13.8 Å². The summed E-state index contributed by atoms with van der Waals surface area (Å²) in [7, 11) is 0. The SMILES string of the molecule is CC(C(=O)O)C(C(=O)O)C(C(=O)O)C(C(=O)O)C(C(=O)O)C1C(C)C2CC1C1C3CCC(C3)C21. The lowest BCUT2D eigenvalue weighted by Crippen LogP contribution is -2.52. The molecule has 0 heterocycles. The molecule has 0 spiro atoms. The second kappa shape index (κ2) is 8.53. The third kappa shape index (κ3) is 3.48. The Balaban J connectivity index is 1.76. The number of aliphatic carboxylic acids is 5. The van der Waals surface area contributed by atoms with Crippen molar-refractivity contribution in [3.05, 3.63) is 0 Å². The second-order valence-electron chi connectivity index (χ2n) is 11.1. The normalized spacial score (nSPS) is 39.6. The monoisotopic (exact) mass is 480 g/mol. The van der Waals surface area contributed by atoms with E-state index in [1.807, 2.05) is 6.92 Å². The molecule has 0 radical (unpaired) electrons. The maximum Gasteiger partial charge on any atom is 0.308 e. The van der Waals surface area contributed by atoms with E-state index in [0.29, 0.717) is 23.7 Å². The molecule has 10 nitrogen and oxygen atoms in total. The zero-order chi connectivity index (χ0) is 25.2. The van der Waals surface area contributed by atoms with E-state index < -0.39 is 65.4 Å². The fourth-order valence-corrected chi connectivity index (χ4v) is 8.98. The Morgan fingerprint density at radius 3 is 1.59 bits per heavy atom. The van der Waals surface area contributed by atoms with Crippen LogP contribution in [0, 0.1) is 76.9 Å². The van der Waals surface area contributed by atoms with Gasteiger partial charge in [0.1, 0.15) is 0 Å². The molecule has 0 aliphatic heterocycles. The van der Waals surface area contributed by atoms with Gasteiger partial charge in [-0.25, -0.2) is 0 Å². The van der Waals surface area contributed by atoms with Gasteiger partial charge in [0.25, 0.3) is 0 Å². The highest BCUT2D eigenvalue weighted by Crippen LogP contribution is 2.71. The first-order chi connectivity index (χ1) is 15.9. The predicted molar refractivity (Wildman–Crippen MR) is 113 cm³/mol. The van der Waals surface area contributed by atoms with Crippen LogP contribution < -0.4 is 0 Å². The smallest absolute Gasteiger partial charge is 0.308 e.